The Kier molecular flexibility index (Phi) is 1.66. The van der Waals surface area contributed by atoms with Crippen molar-refractivity contribution in [1.82, 2.24) is 24.8 Å². The van der Waals surface area contributed by atoms with Gasteiger partial charge < -0.3 is 0 Å². The molecule has 0 radical (unpaired) electrons. The van der Waals surface area contributed by atoms with Crippen molar-refractivity contribution in [2.24, 2.45) is 7.05 Å². The highest BCUT2D eigenvalue weighted by molar-refractivity contribution is 5.70. The van der Waals surface area contributed by atoms with Crippen LogP contribution in [0.25, 0.3) is 5.82 Å². The Morgan fingerprint density at radius 2 is 2.38 bits per heavy atom. The number of aldehydes is 1. The molecule has 66 valence electrons. The molecule has 0 saturated heterocycles. The van der Waals surface area contributed by atoms with E-state index in [1.54, 1.807) is 24.0 Å². The molecule has 0 N–H and O–H groups in total. The standard InChI is InChI=1S/C7H7N5O/c1-11-3-2-7(9-11)12-4-6(5-13)8-10-12/h2-5H,1H3. The summed E-state index contributed by atoms with van der Waals surface area (Å²) in [5.74, 6) is 0.642. The van der Waals surface area contributed by atoms with E-state index in [4.69, 9.17) is 0 Å². The molecular formula is C7H7N5O. The van der Waals surface area contributed by atoms with Crippen molar-refractivity contribution in [2.75, 3.05) is 0 Å². The van der Waals surface area contributed by atoms with E-state index in [-0.39, 0.29) is 0 Å². The number of carbonyl (C=O) groups excluding carboxylic acids is 1. The number of rotatable bonds is 2. The lowest BCUT2D eigenvalue weighted by Gasteiger charge is -1.90. The lowest BCUT2D eigenvalue weighted by Crippen LogP contribution is -1.97. The molecule has 0 aromatic carbocycles. The number of aryl methyl sites for hydroxylation is 1. The number of hydrogen-bond donors (Lipinski definition) is 0. The van der Waals surface area contributed by atoms with Crippen LogP contribution in [0, 0.1) is 0 Å². The molecule has 0 saturated carbocycles. The van der Waals surface area contributed by atoms with Crippen LogP contribution in [0.3, 0.4) is 0 Å². The number of nitrogens with zero attached hydrogens (tertiary/aromatic N) is 5. The van der Waals surface area contributed by atoms with Crippen molar-refractivity contribution < 1.29 is 4.79 Å². The first-order chi connectivity index (χ1) is 6.29. The Morgan fingerprint density at radius 1 is 1.54 bits per heavy atom. The van der Waals surface area contributed by atoms with Crippen LogP contribution >= 0.6 is 0 Å². The molecule has 0 unspecified atom stereocenters. The van der Waals surface area contributed by atoms with E-state index in [0.29, 0.717) is 17.8 Å². The summed E-state index contributed by atoms with van der Waals surface area (Å²) in [6.45, 7) is 0. The smallest absolute Gasteiger partial charge is 0.176 e. The van der Waals surface area contributed by atoms with Gasteiger partial charge in [-0.2, -0.15) is 9.78 Å². The van der Waals surface area contributed by atoms with Gasteiger partial charge in [0.25, 0.3) is 0 Å². The molecule has 2 aromatic rings. The predicted molar refractivity (Wildman–Crippen MR) is 43.5 cm³/mol. The van der Waals surface area contributed by atoms with E-state index >= 15 is 0 Å². The molecule has 6 nitrogen and oxygen atoms in total. The maximum atomic E-state index is 10.3. The minimum absolute atomic E-state index is 0.297. The van der Waals surface area contributed by atoms with Crippen LogP contribution in [0.5, 0.6) is 0 Å². The highest BCUT2D eigenvalue weighted by atomic mass is 16.1. The van der Waals surface area contributed by atoms with E-state index in [1.807, 2.05) is 0 Å². The SMILES string of the molecule is Cn1ccc(-n2cc(C=O)nn2)n1. The first kappa shape index (κ1) is 7.66. The van der Waals surface area contributed by atoms with E-state index in [1.165, 1.54) is 10.9 Å². The highest BCUT2D eigenvalue weighted by Gasteiger charge is 2.03. The predicted octanol–water partition coefficient (Wildman–Crippen LogP) is -0.187. The van der Waals surface area contributed by atoms with Crippen LogP contribution in [0.15, 0.2) is 18.5 Å². The molecule has 6 heteroatoms. The minimum Gasteiger partial charge on any atom is -0.296 e. The van der Waals surface area contributed by atoms with Gasteiger partial charge in [-0.1, -0.05) is 5.21 Å². The van der Waals surface area contributed by atoms with E-state index < -0.39 is 0 Å². The van der Waals surface area contributed by atoms with Gasteiger partial charge in [0.05, 0.1) is 6.20 Å². The third kappa shape index (κ3) is 1.33. The van der Waals surface area contributed by atoms with Crippen LogP contribution in [0.4, 0.5) is 0 Å². The second-order valence-corrected chi connectivity index (χ2v) is 2.55. The summed E-state index contributed by atoms with van der Waals surface area (Å²) >= 11 is 0. The molecular weight excluding hydrogens is 170 g/mol. The largest absolute Gasteiger partial charge is 0.296 e. The summed E-state index contributed by atoms with van der Waals surface area (Å²) in [6, 6.07) is 1.78. The summed E-state index contributed by atoms with van der Waals surface area (Å²) in [6.07, 6.45) is 3.96. The average molecular weight is 177 g/mol. The summed E-state index contributed by atoms with van der Waals surface area (Å²) in [7, 11) is 1.81. The molecule has 2 heterocycles. The van der Waals surface area contributed by atoms with Crippen molar-refractivity contribution in [1.29, 1.82) is 0 Å². The second kappa shape index (κ2) is 2.81. The highest BCUT2D eigenvalue weighted by Crippen LogP contribution is 2.00. The average Bonchev–Trinajstić information content (AvgIpc) is 2.71. The van der Waals surface area contributed by atoms with Gasteiger partial charge in [0.1, 0.15) is 5.69 Å². The van der Waals surface area contributed by atoms with Gasteiger partial charge >= 0.3 is 0 Å². The quantitative estimate of drug-likeness (QED) is 0.596. The van der Waals surface area contributed by atoms with E-state index in [2.05, 4.69) is 15.4 Å². The summed E-state index contributed by atoms with van der Waals surface area (Å²) in [5, 5.41) is 11.4. The molecule has 0 fully saturated rings. The molecule has 0 amide bonds. The first-order valence-corrected chi connectivity index (χ1v) is 3.67. The summed E-state index contributed by atoms with van der Waals surface area (Å²) in [4.78, 5) is 10.3. The third-order valence-electron chi connectivity index (χ3n) is 1.57. The Balaban J connectivity index is 2.40. The first-order valence-electron chi connectivity index (χ1n) is 3.67. The Labute approximate surface area is 73.8 Å². The number of carbonyl (C=O) groups is 1. The van der Waals surface area contributed by atoms with Gasteiger partial charge in [0.15, 0.2) is 12.1 Å². The van der Waals surface area contributed by atoms with Crippen molar-refractivity contribution in [3.8, 4) is 5.82 Å². The van der Waals surface area contributed by atoms with Crippen molar-refractivity contribution in [3.63, 3.8) is 0 Å². The summed E-state index contributed by atoms with van der Waals surface area (Å²) < 4.78 is 3.10. The Hall–Kier alpha value is -1.98. The molecule has 0 aliphatic carbocycles. The zero-order valence-corrected chi connectivity index (χ0v) is 6.95. The van der Waals surface area contributed by atoms with Crippen molar-refractivity contribution in [2.45, 2.75) is 0 Å². The maximum absolute atomic E-state index is 10.3. The maximum Gasteiger partial charge on any atom is 0.176 e. The molecule has 2 rings (SSSR count). The lowest BCUT2D eigenvalue weighted by atomic mass is 10.5. The lowest BCUT2D eigenvalue weighted by molar-refractivity contribution is 0.111. The van der Waals surface area contributed by atoms with Crippen molar-refractivity contribution >= 4 is 6.29 Å². The van der Waals surface area contributed by atoms with Crippen LogP contribution < -0.4 is 0 Å². The molecule has 0 atom stereocenters. The van der Waals surface area contributed by atoms with Gasteiger partial charge in [-0.3, -0.25) is 9.48 Å². The van der Waals surface area contributed by atoms with E-state index in [9.17, 15) is 4.79 Å². The van der Waals surface area contributed by atoms with Crippen LogP contribution in [0.1, 0.15) is 10.5 Å². The molecule has 0 bridgehead atoms. The summed E-state index contributed by atoms with van der Waals surface area (Å²) in [5.41, 5.74) is 0.297. The normalized spacial score (nSPS) is 10.2. The fourth-order valence-electron chi connectivity index (χ4n) is 0.968. The molecule has 0 spiro atoms. The molecule has 0 aliphatic rings. The number of hydrogen-bond acceptors (Lipinski definition) is 4. The van der Waals surface area contributed by atoms with Crippen molar-refractivity contribution in [3.05, 3.63) is 24.2 Å². The van der Waals surface area contributed by atoms with Gasteiger partial charge in [0.2, 0.25) is 0 Å². The Morgan fingerprint density at radius 3 is 2.92 bits per heavy atom. The minimum atomic E-state index is 0.297. The fourth-order valence-corrected chi connectivity index (χ4v) is 0.968. The van der Waals surface area contributed by atoms with Crippen LogP contribution in [-0.2, 0) is 7.05 Å². The zero-order chi connectivity index (χ0) is 9.26. The molecule has 2 aromatic heterocycles. The topological polar surface area (TPSA) is 65.6 Å². The van der Waals surface area contributed by atoms with Gasteiger partial charge in [-0.05, 0) is 0 Å². The van der Waals surface area contributed by atoms with Gasteiger partial charge in [-0.15, -0.1) is 5.10 Å². The zero-order valence-electron chi connectivity index (χ0n) is 6.95. The monoisotopic (exact) mass is 177 g/mol. The second-order valence-electron chi connectivity index (χ2n) is 2.55. The third-order valence-corrected chi connectivity index (χ3v) is 1.57. The fraction of sp³-hybridized carbons (Fsp3) is 0.143. The molecule has 13 heavy (non-hydrogen) atoms. The van der Waals surface area contributed by atoms with E-state index in [0.717, 1.165) is 0 Å². The Bertz CT molecular complexity index is 430. The van der Waals surface area contributed by atoms with Crippen LogP contribution in [-0.4, -0.2) is 31.1 Å². The van der Waals surface area contributed by atoms with Gasteiger partial charge in [-0.25, -0.2) is 0 Å². The number of aromatic nitrogens is 5. The molecule has 0 aliphatic heterocycles. The van der Waals surface area contributed by atoms with Crippen LogP contribution in [0.2, 0.25) is 0 Å². The van der Waals surface area contributed by atoms with Gasteiger partial charge in [0, 0.05) is 19.3 Å².